The van der Waals surface area contributed by atoms with E-state index in [1.807, 2.05) is 24.3 Å². The molecule has 0 saturated carbocycles. The van der Waals surface area contributed by atoms with Crippen LogP contribution in [0.4, 0.5) is 0 Å². The molecule has 1 heterocycles. The third kappa shape index (κ3) is 2.24. The molecule has 5 heteroatoms. The molecule has 19 heavy (non-hydrogen) atoms. The van der Waals surface area contributed by atoms with Gasteiger partial charge in [0.2, 0.25) is 0 Å². The fourth-order valence-electron chi connectivity index (χ4n) is 2.62. The van der Waals surface area contributed by atoms with Crippen molar-refractivity contribution in [1.29, 1.82) is 0 Å². The highest BCUT2D eigenvalue weighted by atomic mass is 35.5. The Hall–Kier alpha value is -1.81. The molecule has 0 aliphatic heterocycles. The molecule has 1 aliphatic carbocycles. The number of carbonyl (C=O) groups is 1. The van der Waals surface area contributed by atoms with Crippen molar-refractivity contribution in [3.8, 4) is 0 Å². The first-order chi connectivity index (χ1) is 9.15. The molecule has 1 aromatic heterocycles. The smallest absolute Gasteiger partial charge is 0.356 e. The van der Waals surface area contributed by atoms with E-state index in [4.69, 9.17) is 11.6 Å². The number of benzene rings is 1. The molecule has 0 saturated heterocycles. The van der Waals surface area contributed by atoms with E-state index in [0.29, 0.717) is 11.6 Å². The zero-order valence-electron chi connectivity index (χ0n) is 10.3. The average molecular weight is 277 g/mol. The molecule has 0 fully saturated rings. The maximum Gasteiger partial charge on any atom is 0.356 e. The second kappa shape index (κ2) is 4.70. The van der Waals surface area contributed by atoms with Crippen LogP contribution in [0.25, 0.3) is 0 Å². The number of halogens is 1. The molecule has 1 N–H and O–H groups in total. The zero-order chi connectivity index (χ0) is 13.4. The average Bonchev–Trinajstić information content (AvgIpc) is 2.92. The van der Waals surface area contributed by atoms with Gasteiger partial charge in [0, 0.05) is 16.3 Å². The molecule has 0 unspecified atom stereocenters. The van der Waals surface area contributed by atoms with E-state index in [0.717, 1.165) is 36.1 Å². The van der Waals surface area contributed by atoms with Crippen molar-refractivity contribution in [2.24, 2.45) is 0 Å². The van der Waals surface area contributed by atoms with Gasteiger partial charge in [-0.25, -0.2) is 4.79 Å². The van der Waals surface area contributed by atoms with Crippen molar-refractivity contribution in [1.82, 2.24) is 9.78 Å². The first kappa shape index (κ1) is 12.2. The lowest BCUT2D eigenvalue weighted by molar-refractivity contribution is 0.0688. The van der Waals surface area contributed by atoms with Crippen LogP contribution in [0.1, 0.15) is 33.7 Å². The van der Waals surface area contributed by atoms with Gasteiger partial charge in [-0.05, 0) is 37.0 Å². The quantitative estimate of drug-likeness (QED) is 0.938. The summed E-state index contributed by atoms with van der Waals surface area (Å²) in [5.41, 5.74) is 3.18. The van der Waals surface area contributed by atoms with Gasteiger partial charge >= 0.3 is 5.97 Å². The van der Waals surface area contributed by atoms with Crippen molar-refractivity contribution in [3.05, 3.63) is 51.8 Å². The minimum Gasteiger partial charge on any atom is -0.476 e. The van der Waals surface area contributed by atoms with Gasteiger partial charge in [0.05, 0.1) is 6.54 Å². The minimum atomic E-state index is -0.942. The molecule has 0 amide bonds. The van der Waals surface area contributed by atoms with Crippen LogP contribution in [0, 0.1) is 0 Å². The van der Waals surface area contributed by atoms with Crippen LogP contribution in [0.3, 0.4) is 0 Å². The standard InChI is InChI=1S/C14H13ClN2O2/c15-10-4-1-3-9(7-10)8-17-12-6-2-5-11(12)13(16-17)14(18)19/h1,3-4,7H,2,5-6,8H2,(H,18,19). The lowest BCUT2D eigenvalue weighted by Gasteiger charge is -2.06. The summed E-state index contributed by atoms with van der Waals surface area (Å²) in [4.78, 5) is 11.2. The van der Waals surface area contributed by atoms with Crippen molar-refractivity contribution >= 4 is 17.6 Å². The molecular weight excluding hydrogens is 264 g/mol. The number of aromatic carboxylic acids is 1. The van der Waals surface area contributed by atoms with Crippen LogP contribution in [-0.4, -0.2) is 20.9 Å². The molecule has 4 nitrogen and oxygen atoms in total. The SMILES string of the molecule is O=C(O)c1nn(Cc2cccc(Cl)c2)c2c1CCC2. The topological polar surface area (TPSA) is 55.1 Å². The first-order valence-corrected chi connectivity index (χ1v) is 6.59. The van der Waals surface area contributed by atoms with E-state index in [1.165, 1.54) is 0 Å². The summed E-state index contributed by atoms with van der Waals surface area (Å²) in [5.74, 6) is -0.942. The molecule has 0 radical (unpaired) electrons. The lowest BCUT2D eigenvalue weighted by atomic mass is 10.2. The Bertz CT molecular complexity index is 649. The molecule has 1 aliphatic rings. The fourth-order valence-corrected chi connectivity index (χ4v) is 2.83. The number of rotatable bonds is 3. The highest BCUT2D eigenvalue weighted by molar-refractivity contribution is 6.30. The van der Waals surface area contributed by atoms with E-state index in [1.54, 1.807) is 4.68 Å². The monoisotopic (exact) mass is 276 g/mol. The molecular formula is C14H13ClN2O2. The van der Waals surface area contributed by atoms with Gasteiger partial charge in [-0.1, -0.05) is 23.7 Å². The Balaban J connectivity index is 1.98. The Kier molecular flexibility index (Phi) is 3.03. The van der Waals surface area contributed by atoms with Crippen molar-refractivity contribution in [2.75, 3.05) is 0 Å². The third-order valence-corrected chi connectivity index (χ3v) is 3.67. The minimum absolute atomic E-state index is 0.203. The second-order valence-corrected chi connectivity index (χ2v) is 5.16. The Morgan fingerprint density at radius 1 is 1.42 bits per heavy atom. The van der Waals surface area contributed by atoms with Gasteiger partial charge in [-0.15, -0.1) is 0 Å². The third-order valence-electron chi connectivity index (χ3n) is 3.43. The molecule has 3 rings (SSSR count). The number of hydrogen-bond acceptors (Lipinski definition) is 2. The largest absolute Gasteiger partial charge is 0.476 e. The highest BCUT2D eigenvalue weighted by Crippen LogP contribution is 2.26. The predicted octanol–water partition coefficient (Wildman–Crippen LogP) is 2.77. The Labute approximate surface area is 115 Å². The molecule has 2 aromatic rings. The molecule has 0 spiro atoms. The van der Waals surface area contributed by atoms with E-state index < -0.39 is 5.97 Å². The highest BCUT2D eigenvalue weighted by Gasteiger charge is 2.25. The fraction of sp³-hybridized carbons (Fsp3) is 0.286. The molecule has 98 valence electrons. The summed E-state index contributed by atoms with van der Waals surface area (Å²) >= 11 is 5.96. The number of carboxylic acid groups (broad SMARTS) is 1. The van der Waals surface area contributed by atoms with Crippen molar-refractivity contribution < 1.29 is 9.90 Å². The van der Waals surface area contributed by atoms with Crippen LogP contribution >= 0.6 is 11.6 Å². The maximum atomic E-state index is 11.2. The molecule has 1 aromatic carbocycles. The van der Waals surface area contributed by atoms with Crippen LogP contribution in [0.15, 0.2) is 24.3 Å². The van der Waals surface area contributed by atoms with Gasteiger partial charge < -0.3 is 5.11 Å². The van der Waals surface area contributed by atoms with E-state index in [9.17, 15) is 9.90 Å². The van der Waals surface area contributed by atoms with E-state index in [-0.39, 0.29) is 5.69 Å². The summed E-state index contributed by atoms with van der Waals surface area (Å²) in [5, 5.41) is 14.1. The van der Waals surface area contributed by atoms with Crippen LogP contribution in [0.5, 0.6) is 0 Å². The Morgan fingerprint density at radius 2 is 2.26 bits per heavy atom. The summed E-state index contributed by atoms with van der Waals surface area (Å²) in [6.45, 7) is 0.566. The normalized spacial score (nSPS) is 13.5. The number of hydrogen-bond donors (Lipinski definition) is 1. The van der Waals surface area contributed by atoms with Crippen LogP contribution in [0.2, 0.25) is 5.02 Å². The number of fused-ring (bicyclic) bond motifs is 1. The predicted molar refractivity (Wildman–Crippen MR) is 71.8 cm³/mol. The van der Waals surface area contributed by atoms with Gasteiger partial charge in [-0.3, -0.25) is 4.68 Å². The van der Waals surface area contributed by atoms with Gasteiger partial charge in [0.25, 0.3) is 0 Å². The van der Waals surface area contributed by atoms with E-state index in [2.05, 4.69) is 5.10 Å². The second-order valence-electron chi connectivity index (χ2n) is 4.72. The summed E-state index contributed by atoms with van der Waals surface area (Å²) in [7, 11) is 0. The first-order valence-electron chi connectivity index (χ1n) is 6.21. The van der Waals surface area contributed by atoms with Crippen molar-refractivity contribution in [3.63, 3.8) is 0 Å². The number of nitrogens with zero attached hydrogens (tertiary/aromatic N) is 2. The van der Waals surface area contributed by atoms with Gasteiger partial charge in [-0.2, -0.15) is 5.10 Å². The number of carboxylic acids is 1. The zero-order valence-corrected chi connectivity index (χ0v) is 11.0. The van der Waals surface area contributed by atoms with Crippen molar-refractivity contribution in [2.45, 2.75) is 25.8 Å². The van der Waals surface area contributed by atoms with Gasteiger partial charge in [0.1, 0.15) is 0 Å². The maximum absolute atomic E-state index is 11.2. The lowest BCUT2D eigenvalue weighted by Crippen LogP contribution is -2.07. The van der Waals surface area contributed by atoms with E-state index >= 15 is 0 Å². The summed E-state index contributed by atoms with van der Waals surface area (Å²) in [6.07, 6.45) is 2.71. The summed E-state index contributed by atoms with van der Waals surface area (Å²) in [6, 6.07) is 7.56. The Morgan fingerprint density at radius 3 is 3.00 bits per heavy atom. The van der Waals surface area contributed by atoms with Gasteiger partial charge in [0.15, 0.2) is 5.69 Å². The van der Waals surface area contributed by atoms with Crippen LogP contribution in [-0.2, 0) is 19.4 Å². The molecule has 0 bridgehead atoms. The number of aromatic nitrogens is 2. The summed E-state index contributed by atoms with van der Waals surface area (Å²) < 4.78 is 1.80. The van der Waals surface area contributed by atoms with Crippen LogP contribution < -0.4 is 0 Å². The molecule has 0 atom stereocenters.